The minimum absolute atomic E-state index is 0.114. The lowest BCUT2D eigenvalue weighted by Crippen LogP contribution is -2.16. The number of ether oxygens (including phenoxy) is 2. The third kappa shape index (κ3) is 3.15. The van der Waals surface area contributed by atoms with E-state index in [1.165, 1.54) is 0 Å². The highest BCUT2D eigenvalue weighted by atomic mass is 16.5. The zero-order valence-electron chi connectivity index (χ0n) is 16.6. The van der Waals surface area contributed by atoms with Crippen LogP contribution in [0.15, 0.2) is 36.4 Å². The van der Waals surface area contributed by atoms with Crippen LogP contribution in [-0.2, 0) is 6.42 Å². The van der Waals surface area contributed by atoms with Gasteiger partial charge < -0.3 is 24.7 Å². The molecule has 0 bridgehead atoms. The quantitative estimate of drug-likeness (QED) is 0.697. The molecule has 6 heteroatoms. The Kier molecular flexibility index (Phi) is 4.63. The normalized spacial score (nSPS) is 15.2. The van der Waals surface area contributed by atoms with Crippen LogP contribution in [0.2, 0.25) is 0 Å². The van der Waals surface area contributed by atoms with E-state index in [2.05, 4.69) is 10.3 Å². The lowest BCUT2D eigenvalue weighted by atomic mass is 10.1. The maximum atomic E-state index is 12.9. The van der Waals surface area contributed by atoms with Crippen LogP contribution in [0.4, 0.5) is 11.4 Å². The van der Waals surface area contributed by atoms with Crippen molar-refractivity contribution >= 4 is 28.2 Å². The number of aromatic nitrogens is 1. The number of fused-ring (bicyclic) bond motifs is 3. The lowest BCUT2D eigenvalue weighted by molar-refractivity contribution is 0.102. The molecule has 0 radical (unpaired) electrons. The van der Waals surface area contributed by atoms with Gasteiger partial charge in [-0.25, -0.2) is 0 Å². The number of carbonyl (C=O) groups is 1. The number of aromatic amines is 1. The Morgan fingerprint density at radius 3 is 2.86 bits per heavy atom. The number of H-pyrrole nitrogens is 1. The van der Waals surface area contributed by atoms with Crippen LogP contribution in [0.5, 0.6) is 11.5 Å². The largest absolute Gasteiger partial charge is 0.493 e. The summed E-state index contributed by atoms with van der Waals surface area (Å²) < 4.78 is 11.8. The Bertz CT molecular complexity index is 1040. The van der Waals surface area contributed by atoms with Crippen molar-refractivity contribution < 1.29 is 14.3 Å². The summed E-state index contributed by atoms with van der Waals surface area (Å²) in [6, 6.07) is 11.6. The fourth-order valence-corrected chi connectivity index (χ4v) is 3.69. The topological polar surface area (TPSA) is 66.6 Å². The summed E-state index contributed by atoms with van der Waals surface area (Å²) in [6.07, 6.45) is 0.949. The fraction of sp³-hybridized carbons (Fsp3) is 0.318. The summed E-state index contributed by atoms with van der Waals surface area (Å²) in [5, 5.41) is 3.87. The number of rotatable bonds is 5. The predicted octanol–water partition coefficient (Wildman–Crippen LogP) is 4.21. The second-order valence-corrected chi connectivity index (χ2v) is 7.27. The SMILES string of the molecule is CCOc1cc2c(c3[nH]c(C(=O)Nc4ccccc4N(C)C)cc13)O[C@H](C)C2. The maximum absolute atomic E-state index is 12.9. The van der Waals surface area contributed by atoms with Crippen LogP contribution < -0.4 is 19.7 Å². The first-order valence-electron chi connectivity index (χ1n) is 9.53. The first-order chi connectivity index (χ1) is 13.5. The number of benzene rings is 2. The summed E-state index contributed by atoms with van der Waals surface area (Å²) in [5.41, 5.74) is 4.10. The van der Waals surface area contributed by atoms with Gasteiger partial charge in [0.25, 0.3) is 5.91 Å². The first-order valence-corrected chi connectivity index (χ1v) is 9.53. The van der Waals surface area contributed by atoms with Gasteiger partial charge in [0, 0.05) is 31.5 Å². The van der Waals surface area contributed by atoms with Crippen molar-refractivity contribution in [3.05, 3.63) is 47.7 Å². The lowest BCUT2D eigenvalue weighted by Gasteiger charge is -2.17. The van der Waals surface area contributed by atoms with Crippen molar-refractivity contribution in [1.82, 2.24) is 4.98 Å². The van der Waals surface area contributed by atoms with E-state index in [9.17, 15) is 4.79 Å². The Labute approximate surface area is 164 Å². The van der Waals surface area contributed by atoms with Crippen molar-refractivity contribution in [2.45, 2.75) is 26.4 Å². The van der Waals surface area contributed by atoms with Crippen molar-refractivity contribution in [3.63, 3.8) is 0 Å². The van der Waals surface area contributed by atoms with Crippen molar-refractivity contribution in [2.75, 3.05) is 30.9 Å². The van der Waals surface area contributed by atoms with Crippen LogP contribution in [0.3, 0.4) is 0 Å². The molecular formula is C22H25N3O3. The molecule has 1 aromatic heterocycles. The molecule has 0 spiro atoms. The van der Waals surface area contributed by atoms with Gasteiger partial charge in [-0.15, -0.1) is 0 Å². The van der Waals surface area contributed by atoms with Gasteiger partial charge in [-0.1, -0.05) is 12.1 Å². The number of anilines is 2. The molecule has 0 saturated heterocycles. The van der Waals surface area contributed by atoms with Crippen LogP contribution in [-0.4, -0.2) is 37.7 Å². The molecule has 1 aliphatic rings. The van der Waals surface area contributed by atoms with Gasteiger partial charge in [-0.3, -0.25) is 4.79 Å². The second-order valence-electron chi connectivity index (χ2n) is 7.27. The van der Waals surface area contributed by atoms with E-state index in [-0.39, 0.29) is 12.0 Å². The summed E-state index contributed by atoms with van der Waals surface area (Å²) in [5.74, 6) is 1.39. The summed E-state index contributed by atoms with van der Waals surface area (Å²) >= 11 is 0. The summed E-state index contributed by atoms with van der Waals surface area (Å²) in [6.45, 7) is 4.56. The summed E-state index contributed by atoms with van der Waals surface area (Å²) in [4.78, 5) is 18.2. The molecule has 0 saturated carbocycles. The molecule has 1 amide bonds. The molecule has 0 aliphatic carbocycles. The number of hydrogen-bond donors (Lipinski definition) is 2. The molecule has 3 aromatic rings. The highest BCUT2D eigenvalue weighted by molar-refractivity contribution is 6.08. The highest BCUT2D eigenvalue weighted by Crippen LogP contribution is 2.41. The van der Waals surface area contributed by atoms with E-state index in [1.807, 2.05) is 69.2 Å². The summed E-state index contributed by atoms with van der Waals surface area (Å²) in [7, 11) is 3.90. The second kappa shape index (κ2) is 7.11. The third-order valence-corrected chi connectivity index (χ3v) is 4.91. The van der Waals surface area contributed by atoms with E-state index in [0.717, 1.165) is 45.8 Å². The number of para-hydroxylation sites is 2. The van der Waals surface area contributed by atoms with Gasteiger partial charge >= 0.3 is 0 Å². The molecule has 2 aromatic carbocycles. The van der Waals surface area contributed by atoms with Crippen molar-refractivity contribution in [2.24, 2.45) is 0 Å². The maximum Gasteiger partial charge on any atom is 0.272 e. The molecule has 2 heterocycles. The average molecular weight is 379 g/mol. The van der Waals surface area contributed by atoms with Gasteiger partial charge in [0.05, 0.1) is 23.5 Å². The molecule has 4 rings (SSSR count). The van der Waals surface area contributed by atoms with Crippen molar-refractivity contribution in [3.8, 4) is 11.5 Å². The van der Waals surface area contributed by atoms with Crippen LogP contribution in [0.25, 0.3) is 10.9 Å². The molecule has 6 nitrogen and oxygen atoms in total. The smallest absolute Gasteiger partial charge is 0.272 e. The number of amides is 1. The van der Waals surface area contributed by atoms with Crippen molar-refractivity contribution in [1.29, 1.82) is 0 Å². The first kappa shape index (κ1) is 18.2. The predicted molar refractivity (Wildman–Crippen MR) is 112 cm³/mol. The van der Waals surface area contributed by atoms with E-state index < -0.39 is 0 Å². The van der Waals surface area contributed by atoms with E-state index in [1.54, 1.807) is 0 Å². The van der Waals surface area contributed by atoms with Gasteiger partial charge in [-0.2, -0.15) is 0 Å². The molecule has 1 aliphatic heterocycles. The van der Waals surface area contributed by atoms with Gasteiger partial charge in [0.2, 0.25) is 0 Å². The highest BCUT2D eigenvalue weighted by Gasteiger charge is 2.26. The fourth-order valence-electron chi connectivity index (χ4n) is 3.69. The van der Waals surface area contributed by atoms with E-state index >= 15 is 0 Å². The van der Waals surface area contributed by atoms with Crippen LogP contribution in [0, 0.1) is 0 Å². The molecule has 0 fully saturated rings. The number of nitrogens with one attached hydrogen (secondary N) is 2. The van der Waals surface area contributed by atoms with E-state index in [4.69, 9.17) is 9.47 Å². The number of hydrogen-bond acceptors (Lipinski definition) is 4. The molecular weight excluding hydrogens is 354 g/mol. The van der Waals surface area contributed by atoms with Gasteiger partial charge in [0.1, 0.15) is 23.3 Å². The van der Waals surface area contributed by atoms with Crippen LogP contribution >= 0.6 is 0 Å². The number of nitrogens with zero attached hydrogens (tertiary/aromatic N) is 1. The third-order valence-electron chi connectivity index (χ3n) is 4.91. The Hall–Kier alpha value is -3.15. The van der Waals surface area contributed by atoms with Crippen LogP contribution in [0.1, 0.15) is 29.9 Å². The molecule has 28 heavy (non-hydrogen) atoms. The van der Waals surface area contributed by atoms with E-state index in [0.29, 0.717) is 12.3 Å². The Morgan fingerprint density at radius 1 is 1.32 bits per heavy atom. The molecule has 1 atom stereocenters. The standard InChI is InChI=1S/C22H25N3O3/c1-5-27-19-11-14-10-13(2)28-21(14)20-15(19)12-17(23-20)22(26)24-16-8-6-7-9-18(16)25(3)4/h6-9,11-13,23H,5,10H2,1-4H3,(H,24,26)/t13-/m1/s1. The minimum atomic E-state index is -0.201. The molecule has 0 unspecified atom stereocenters. The number of carbonyl (C=O) groups excluding carboxylic acids is 1. The van der Waals surface area contributed by atoms with Gasteiger partial charge in [0.15, 0.2) is 0 Å². The Morgan fingerprint density at radius 2 is 2.11 bits per heavy atom. The monoisotopic (exact) mass is 379 g/mol. The average Bonchev–Trinajstić information content (AvgIpc) is 3.25. The molecule has 2 N–H and O–H groups in total. The minimum Gasteiger partial charge on any atom is -0.493 e. The Balaban J connectivity index is 1.73. The molecule has 146 valence electrons. The zero-order chi connectivity index (χ0) is 19.8. The van der Waals surface area contributed by atoms with Gasteiger partial charge in [-0.05, 0) is 38.1 Å². The zero-order valence-corrected chi connectivity index (χ0v) is 16.6.